The third-order valence-corrected chi connectivity index (χ3v) is 3.33. The molecule has 2 aromatic carbocycles. The lowest BCUT2D eigenvalue weighted by atomic mass is 10.2. The van der Waals surface area contributed by atoms with E-state index in [-0.39, 0.29) is 5.75 Å². The highest BCUT2D eigenvalue weighted by Gasteiger charge is 2.10. The van der Waals surface area contributed by atoms with Gasteiger partial charge in [0.15, 0.2) is 0 Å². The molecule has 0 aliphatic carbocycles. The van der Waals surface area contributed by atoms with Gasteiger partial charge in [0.1, 0.15) is 11.5 Å². The number of hydrogen-bond donors (Lipinski definition) is 1. The molecule has 0 fully saturated rings. The van der Waals surface area contributed by atoms with Crippen molar-refractivity contribution in [1.29, 1.82) is 0 Å². The van der Waals surface area contributed by atoms with E-state index in [9.17, 15) is 8.78 Å². The van der Waals surface area contributed by atoms with Crippen LogP contribution in [0.25, 0.3) is 0 Å². The van der Waals surface area contributed by atoms with E-state index in [1.165, 1.54) is 13.2 Å². The fourth-order valence-electron chi connectivity index (χ4n) is 1.77. The summed E-state index contributed by atoms with van der Waals surface area (Å²) in [5.41, 5.74) is 1.47. The Bertz CT molecular complexity index is 591. The Morgan fingerprint density at radius 2 is 1.86 bits per heavy atom. The van der Waals surface area contributed by atoms with Crippen molar-refractivity contribution in [1.82, 2.24) is 0 Å². The summed E-state index contributed by atoms with van der Waals surface area (Å²) in [6.07, 6.45) is 0. The molecule has 0 aliphatic heterocycles. The molecule has 0 amide bonds. The zero-order chi connectivity index (χ0) is 15.2. The van der Waals surface area contributed by atoms with Gasteiger partial charge >= 0.3 is 6.61 Å². The minimum absolute atomic E-state index is 0.0860. The Morgan fingerprint density at radius 3 is 2.48 bits per heavy atom. The SMILES string of the molecule is COc1ccc(OC(F)F)c(NCc2ccc(Br)cc2)c1. The lowest BCUT2D eigenvalue weighted by Gasteiger charge is -2.14. The molecule has 0 bridgehead atoms. The maximum Gasteiger partial charge on any atom is 0.387 e. The largest absolute Gasteiger partial charge is 0.497 e. The van der Waals surface area contributed by atoms with Crippen LogP contribution in [-0.4, -0.2) is 13.7 Å². The minimum Gasteiger partial charge on any atom is -0.497 e. The summed E-state index contributed by atoms with van der Waals surface area (Å²) in [5, 5.41) is 3.08. The van der Waals surface area contributed by atoms with Crippen LogP contribution in [0.15, 0.2) is 46.9 Å². The summed E-state index contributed by atoms with van der Waals surface area (Å²) in [5.74, 6) is 0.651. The van der Waals surface area contributed by atoms with Crippen molar-refractivity contribution in [3.8, 4) is 11.5 Å². The highest BCUT2D eigenvalue weighted by atomic mass is 79.9. The molecule has 21 heavy (non-hydrogen) atoms. The number of alkyl halides is 2. The van der Waals surface area contributed by atoms with Crippen LogP contribution in [0.5, 0.6) is 11.5 Å². The van der Waals surface area contributed by atoms with E-state index < -0.39 is 6.61 Å². The van der Waals surface area contributed by atoms with E-state index in [1.54, 1.807) is 12.1 Å². The molecule has 2 rings (SSSR count). The first kappa shape index (κ1) is 15.6. The Labute approximate surface area is 130 Å². The predicted molar refractivity (Wildman–Crippen MR) is 81.1 cm³/mol. The van der Waals surface area contributed by atoms with Crippen molar-refractivity contribution in [2.45, 2.75) is 13.2 Å². The minimum atomic E-state index is -2.87. The molecule has 112 valence electrons. The van der Waals surface area contributed by atoms with E-state index in [2.05, 4.69) is 26.0 Å². The van der Waals surface area contributed by atoms with Crippen LogP contribution < -0.4 is 14.8 Å². The molecule has 6 heteroatoms. The quantitative estimate of drug-likeness (QED) is 0.814. The molecule has 2 aromatic rings. The second-order valence-corrected chi connectivity index (χ2v) is 5.14. The van der Waals surface area contributed by atoms with Crippen molar-refractivity contribution < 1.29 is 18.3 Å². The molecule has 0 unspecified atom stereocenters. The molecule has 0 saturated heterocycles. The van der Waals surface area contributed by atoms with E-state index >= 15 is 0 Å². The number of rotatable bonds is 6. The normalized spacial score (nSPS) is 10.5. The number of hydrogen-bond acceptors (Lipinski definition) is 3. The summed E-state index contributed by atoms with van der Waals surface area (Å²) < 4.78 is 35.4. The van der Waals surface area contributed by atoms with Gasteiger partial charge in [-0.15, -0.1) is 0 Å². The van der Waals surface area contributed by atoms with Crippen molar-refractivity contribution in [2.75, 3.05) is 12.4 Å². The molecule has 0 aliphatic rings. The van der Waals surface area contributed by atoms with Gasteiger partial charge in [0.25, 0.3) is 0 Å². The van der Waals surface area contributed by atoms with Crippen molar-refractivity contribution in [3.05, 3.63) is 52.5 Å². The van der Waals surface area contributed by atoms with Crippen LogP contribution in [0.1, 0.15) is 5.56 Å². The van der Waals surface area contributed by atoms with Crippen molar-refractivity contribution >= 4 is 21.6 Å². The topological polar surface area (TPSA) is 30.5 Å². The predicted octanol–water partition coefficient (Wildman–Crippen LogP) is 4.67. The van der Waals surface area contributed by atoms with Gasteiger partial charge in [-0.2, -0.15) is 8.78 Å². The van der Waals surface area contributed by atoms with Gasteiger partial charge in [0.05, 0.1) is 12.8 Å². The number of benzene rings is 2. The van der Waals surface area contributed by atoms with E-state index in [0.717, 1.165) is 10.0 Å². The molecule has 0 heterocycles. The highest BCUT2D eigenvalue weighted by Crippen LogP contribution is 2.30. The summed E-state index contributed by atoms with van der Waals surface area (Å²) in [6, 6.07) is 12.3. The molecular weight excluding hydrogens is 344 g/mol. The standard InChI is InChI=1S/C15H14BrF2NO2/c1-20-12-6-7-14(21-15(17)18)13(8-12)19-9-10-2-4-11(16)5-3-10/h2-8,15,19H,9H2,1H3. The van der Waals surface area contributed by atoms with Gasteiger partial charge in [-0.05, 0) is 29.8 Å². The maximum absolute atomic E-state index is 12.4. The Morgan fingerprint density at radius 1 is 1.14 bits per heavy atom. The first-order valence-corrected chi connectivity index (χ1v) is 6.99. The number of anilines is 1. The molecule has 3 nitrogen and oxygen atoms in total. The third kappa shape index (κ3) is 4.60. The smallest absolute Gasteiger partial charge is 0.387 e. The Hall–Kier alpha value is -1.82. The van der Waals surface area contributed by atoms with Crippen LogP contribution in [0.3, 0.4) is 0 Å². The zero-order valence-electron chi connectivity index (χ0n) is 11.3. The molecule has 1 N–H and O–H groups in total. The third-order valence-electron chi connectivity index (χ3n) is 2.80. The number of halogens is 3. The van der Waals surface area contributed by atoms with E-state index in [0.29, 0.717) is 18.0 Å². The fraction of sp³-hybridized carbons (Fsp3) is 0.200. The van der Waals surface area contributed by atoms with Gasteiger partial charge in [0, 0.05) is 17.1 Å². The van der Waals surface area contributed by atoms with Crippen LogP contribution in [0, 0.1) is 0 Å². The van der Waals surface area contributed by atoms with Crippen LogP contribution in [-0.2, 0) is 6.54 Å². The van der Waals surface area contributed by atoms with Crippen LogP contribution in [0.4, 0.5) is 14.5 Å². The van der Waals surface area contributed by atoms with E-state index in [1.807, 2.05) is 24.3 Å². The molecule has 0 radical (unpaired) electrons. The monoisotopic (exact) mass is 357 g/mol. The number of ether oxygens (including phenoxy) is 2. The van der Waals surface area contributed by atoms with E-state index in [4.69, 9.17) is 4.74 Å². The van der Waals surface area contributed by atoms with Crippen molar-refractivity contribution in [2.24, 2.45) is 0 Å². The molecule has 0 aromatic heterocycles. The molecular formula is C15H14BrF2NO2. The van der Waals surface area contributed by atoms with Gasteiger partial charge in [-0.1, -0.05) is 28.1 Å². The molecule has 0 saturated carbocycles. The zero-order valence-corrected chi connectivity index (χ0v) is 12.9. The second kappa shape index (κ2) is 7.26. The van der Waals surface area contributed by atoms with Gasteiger partial charge in [0.2, 0.25) is 0 Å². The second-order valence-electron chi connectivity index (χ2n) is 4.22. The average Bonchev–Trinajstić information content (AvgIpc) is 2.47. The summed E-state index contributed by atoms with van der Waals surface area (Å²) in [7, 11) is 1.52. The van der Waals surface area contributed by atoms with Crippen molar-refractivity contribution in [3.63, 3.8) is 0 Å². The first-order chi connectivity index (χ1) is 10.1. The first-order valence-electron chi connectivity index (χ1n) is 6.19. The van der Waals surface area contributed by atoms with Crippen LogP contribution >= 0.6 is 15.9 Å². The van der Waals surface area contributed by atoms with Gasteiger partial charge in [-0.3, -0.25) is 0 Å². The molecule has 0 spiro atoms. The number of nitrogens with one attached hydrogen (secondary N) is 1. The lowest BCUT2D eigenvalue weighted by Crippen LogP contribution is -2.07. The lowest BCUT2D eigenvalue weighted by molar-refractivity contribution is -0.0493. The van der Waals surface area contributed by atoms with Crippen LogP contribution in [0.2, 0.25) is 0 Å². The van der Waals surface area contributed by atoms with Gasteiger partial charge in [-0.25, -0.2) is 0 Å². The highest BCUT2D eigenvalue weighted by molar-refractivity contribution is 9.10. The average molecular weight is 358 g/mol. The summed E-state index contributed by atoms with van der Waals surface area (Å²) in [4.78, 5) is 0. The summed E-state index contributed by atoms with van der Waals surface area (Å²) >= 11 is 3.36. The Balaban J connectivity index is 2.14. The van der Waals surface area contributed by atoms with Gasteiger partial charge < -0.3 is 14.8 Å². The Kier molecular flexibility index (Phi) is 5.38. The summed E-state index contributed by atoms with van der Waals surface area (Å²) in [6.45, 7) is -2.38. The fourth-order valence-corrected chi connectivity index (χ4v) is 2.04. The molecule has 0 atom stereocenters. The maximum atomic E-state index is 12.4. The number of methoxy groups -OCH3 is 1.